The number of esters is 3. The minimum atomic E-state index is -0.843. The van der Waals surface area contributed by atoms with Gasteiger partial charge < -0.3 is 14.2 Å². The number of allylic oxidation sites excluding steroid dienone is 30. The smallest absolute Gasteiger partial charge is 0.306 e. The molecule has 0 saturated heterocycles. The van der Waals surface area contributed by atoms with Gasteiger partial charge in [0, 0.05) is 19.3 Å². The molecule has 0 aliphatic heterocycles. The number of hydrogen-bond donors (Lipinski definition) is 0. The van der Waals surface area contributed by atoms with E-state index in [9.17, 15) is 14.4 Å². The van der Waals surface area contributed by atoms with E-state index in [1.165, 1.54) is 51.4 Å². The molecule has 0 aliphatic rings. The maximum atomic E-state index is 12.9. The second kappa shape index (κ2) is 67.0. The van der Waals surface area contributed by atoms with Crippen molar-refractivity contribution >= 4 is 17.9 Å². The Kier molecular flexibility index (Phi) is 62.5. The number of hydrogen-bond acceptors (Lipinski definition) is 6. The zero-order valence-corrected chi connectivity index (χ0v) is 51.7. The van der Waals surface area contributed by atoms with Gasteiger partial charge in [0.25, 0.3) is 0 Å². The van der Waals surface area contributed by atoms with Gasteiger partial charge in [-0.15, -0.1) is 0 Å². The van der Waals surface area contributed by atoms with E-state index in [0.717, 1.165) is 154 Å². The summed E-state index contributed by atoms with van der Waals surface area (Å²) < 4.78 is 16.8. The predicted molar refractivity (Wildman–Crippen MR) is 352 cm³/mol. The topological polar surface area (TPSA) is 78.9 Å². The van der Waals surface area contributed by atoms with Gasteiger partial charge in [0.05, 0.1) is 0 Å². The van der Waals surface area contributed by atoms with Crippen LogP contribution in [0.1, 0.15) is 252 Å². The lowest BCUT2D eigenvalue weighted by molar-refractivity contribution is -0.166. The Morgan fingerprint density at radius 2 is 0.506 bits per heavy atom. The molecule has 0 fully saturated rings. The highest BCUT2D eigenvalue weighted by Crippen LogP contribution is 2.13. The molecule has 1 atom stereocenters. The van der Waals surface area contributed by atoms with Crippen molar-refractivity contribution in [3.8, 4) is 0 Å². The molecule has 0 N–H and O–H groups in total. The molecule has 0 heterocycles. The zero-order valence-electron chi connectivity index (χ0n) is 51.7. The number of carbonyl (C=O) groups excluding carboxylic acids is 3. The van der Waals surface area contributed by atoms with Crippen LogP contribution in [-0.4, -0.2) is 37.2 Å². The van der Waals surface area contributed by atoms with Crippen LogP contribution in [0.25, 0.3) is 0 Å². The summed E-state index contributed by atoms with van der Waals surface area (Å²) in [5, 5.41) is 0. The fourth-order valence-corrected chi connectivity index (χ4v) is 8.12. The number of rotatable bonds is 56. The molecule has 0 aromatic heterocycles. The van der Waals surface area contributed by atoms with E-state index in [2.05, 4.69) is 191 Å². The second-order valence-electron chi connectivity index (χ2n) is 20.5. The summed E-state index contributed by atoms with van der Waals surface area (Å²) in [7, 11) is 0. The van der Waals surface area contributed by atoms with E-state index in [1.54, 1.807) is 0 Å². The van der Waals surface area contributed by atoms with Crippen molar-refractivity contribution < 1.29 is 28.6 Å². The molecule has 6 heteroatoms. The average molecular weight is 1110 g/mol. The Labute approximate surface area is 497 Å². The standard InChI is InChI=1S/C75H116O6/c1-4-7-10-13-16-19-22-25-28-31-33-34-35-36-37-38-39-40-42-44-47-50-53-56-59-62-65-68-74(77)80-71-72(70-79-73(76)67-64-61-58-55-52-49-46-43-30-27-24-21-18-15-12-9-6-3)81-75(78)69-66-63-60-57-54-51-48-45-41-32-29-26-23-20-17-14-11-8-5-2/h7-8,10-11,16-21,25-30,33-34,36-37,39-41,44-45,47,51,54,60,63,72H,4-6,9,12-15,22-24,31-32,35,38,42-43,46,48-50,52-53,55-59,61-62,64-71H2,1-3H3/b10-7-,11-8-,19-16-,20-17-,21-18-,28-25-,29-26-,30-27-,34-33-,37-36-,40-39-,45-41-,47-44-,54-51-,63-60-. The molecule has 1 unspecified atom stereocenters. The lowest BCUT2D eigenvalue weighted by Crippen LogP contribution is -2.30. The molecule has 0 spiro atoms. The van der Waals surface area contributed by atoms with Crippen LogP contribution in [-0.2, 0) is 28.6 Å². The summed E-state index contributed by atoms with van der Waals surface area (Å²) >= 11 is 0. The fraction of sp³-hybridized carbons (Fsp3) is 0.560. The van der Waals surface area contributed by atoms with Crippen LogP contribution in [0.4, 0.5) is 0 Å². The lowest BCUT2D eigenvalue weighted by Gasteiger charge is -2.18. The number of ether oxygens (including phenoxy) is 3. The predicted octanol–water partition coefficient (Wildman–Crippen LogP) is 22.4. The molecule has 6 nitrogen and oxygen atoms in total. The summed E-state index contributed by atoms with van der Waals surface area (Å²) in [5.74, 6) is -1.05. The van der Waals surface area contributed by atoms with Crippen LogP contribution in [0, 0.1) is 0 Å². The second-order valence-corrected chi connectivity index (χ2v) is 20.5. The first-order valence-electron chi connectivity index (χ1n) is 32.3. The molecule has 0 saturated carbocycles. The van der Waals surface area contributed by atoms with Crippen molar-refractivity contribution in [1.29, 1.82) is 0 Å². The molecule has 0 bridgehead atoms. The summed E-state index contributed by atoms with van der Waals surface area (Å²) in [5.41, 5.74) is 0. The quantitative estimate of drug-likeness (QED) is 0.0261. The minimum Gasteiger partial charge on any atom is -0.462 e. The SMILES string of the molecule is CC/C=C\C/C=C\C/C=C\C/C=C\C/C=C\C/C=C\C/C=C\CCCCCCCC(=O)OCC(COC(=O)CCCCCCCCC/C=C\C/C=C\CCCCC)OC(=O)CC/C=C\C/C=C\C/C=C\C/C=C\C/C=C\C/C=C\CC. The van der Waals surface area contributed by atoms with Gasteiger partial charge in [0.15, 0.2) is 6.10 Å². The van der Waals surface area contributed by atoms with Gasteiger partial charge in [0.2, 0.25) is 0 Å². The highest BCUT2D eigenvalue weighted by molar-refractivity contribution is 5.71. The monoisotopic (exact) mass is 1110 g/mol. The highest BCUT2D eigenvalue weighted by atomic mass is 16.6. The van der Waals surface area contributed by atoms with Crippen LogP contribution in [0.3, 0.4) is 0 Å². The van der Waals surface area contributed by atoms with Crippen LogP contribution in [0.2, 0.25) is 0 Å². The normalized spacial score (nSPS) is 13.4. The fourth-order valence-electron chi connectivity index (χ4n) is 8.12. The third kappa shape index (κ3) is 65.2. The van der Waals surface area contributed by atoms with Gasteiger partial charge in [-0.2, -0.15) is 0 Å². The molecule has 0 aliphatic carbocycles. The molecule has 452 valence electrons. The first-order chi connectivity index (χ1) is 40.0. The molecular weight excluding hydrogens is 997 g/mol. The van der Waals surface area contributed by atoms with Crippen molar-refractivity contribution in [2.45, 2.75) is 258 Å². The van der Waals surface area contributed by atoms with Crippen molar-refractivity contribution in [1.82, 2.24) is 0 Å². The minimum absolute atomic E-state index is 0.128. The molecule has 0 aromatic rings. The first kappa shape index (κ1) is 75.5. The van der Waals surface area contributed by atoms with Gasteiger partial charge in [-0.1, -0.05) is 267 Å². The third-order valence-corrected chi connectivity index (χ3v) is 12.9. The van der Waals surface area contributed by atoms with Crippen LogP contribution in [0.5, 0.6) is 0 Å². The van der Waals surface area contributed by atoms with Gasteiger partial charge in [-0.25, -0.2) is 0 Å². The van der Waals surface area contributed by atoms with Crippen molar-refractivity contribution in [2.24, 2.45) is 0 Å². The lowest BCUT2D eigenvalue weighted by atomic mass is 10.1. The van der Waals surface area contributed by atoms with Crippen LogP contribution in [0.15, 0.2) is 182 Å². The van der Waals surface area contributed by atoms with E-state index in [4.69, 9.17) is 14.2 Å². The molecule has 0 aromatic carbocycles. The largest absolute Gasteiger partial charge is 0.462 e. The molecule has 0 radical (unpaired) electrons. The Hall–Kier alpha value is -5.49. The van der Waals surface area contributed by atoms with Crippen molar-refractivity contribution in [2.75, 3.05) is 13.2 Å². The summed E-state index contributed by atoms with van der Waals surface area (Å²) in [6.07, 6.45) is 100. The Balaban J connectivity index is 4.55. The first-order valence-corrected chi connectivity index (χ1v) is 32.3. The molecular formula is C75H116O6. The van der Waals surface area contributed by atoms with E-state index in [1.807, 2.05) is 12.2 Å². The zero-order chi connectivity index (χ0) is 58.5. The van der Waals surface area contributed by atoms with E-state index in [0.29, 0.717) is 19.3 Å². The highest BCUT2D eigenvalue weighted by Gasteiger charge is 2.19. The Bertz CT molecular complexity index is 1900. The van der Waals surface area contributed by atoms with Gasteiger partial charge in [0.1, 0.15) is 13.2 Å². The summed E-state index contributed by atoms with van der Waals surface area (Å²) in [4.78, 5) is 38.3. The van der Waals surface area contributed by atoms with E-state index >= 15 is 0 Å². The number of carbonyl (C=O) groups is 3. The van der Waals surface area contributed by atoms with Crippen molar-refractivity contribution in [3.05, 3.63) is 182 Å². The van der Waals surface area contributed by atoms with Crippen molar-refractivity contribution in [3.63, 3.8) is 0 Å². The summed E-state index contributed by atoms with van der Waals surface area (Å²) in [6, 6.07) is 0. The Morgan fingerprint density at radius 3 is 0.802 bits per heavy atom. The molecule has 0 amide bonds. The van der Waals surface area contributed by atoms with Gasteiger partial charge in [-0.05, 0) is 148 Å². The van der Waals surface area contributed by atoms with E-state index < -0.39 is 12.1 Å². The summed E-state index contributed by atoms with van der Waals surface area (Å²) in [6.45, 7) is 6.29. The molecule has 81 heavy (non-hydrogen) atoms. The van der Waals surface area contributed by atoms with Crippen LogP contribution < -0.4 is 0 Å². The maximum Gasteiger partial charge on any atom is 0.306 e. The third-order valence-electron chi connectivity index (χ3n) is 12.9. The maximum absolute atomic E-state index is 12.9. The van der Waals surface area contributed by atoms with Gasteiger partial charge in [-0.3, -0.25) is 14.4 Å². The average Bonchev–Trinajstić information content (AvgIpc) is 3.47. The van der Waals surface area contributed by atoms with E-state index in [-0.39, 0.29) is 31.6 Å². The van der Waals surface area contributed by atoms with Gasteiger partial charge >= 0.3 is 17.9 Å². The van der Waals surface area contributed by atoms with Crippen LogP contribution >= 0.6 is 0 Å². The number of unbranched alkanes of at least 4 members (excludes halogenated alkanes) is 15. The Morgan fingerprint density at radius 1 is 0.259 bits per heavy atom. The molecule has 0 rings (SSSR count).